The molecule has 0 atom stereocenters. The molecule has 0 aliphatic carbocycles. The molecule has 0 amide bonds. The molecule has 0 saturated heterocycles. The lowest BCUT2D eigenvalue weighted by Crippen LogP contribution is -3.00. The summed E-state index contributed by atoms with van der Waals surface area (Å²) in [5.74, 6) is 0. The molecule has 0 N–H and O–H groups in total. The molecule has 1 aromatic rings. The van der Waals surface area contributed by atoms with Gasteiger partial charge in [0, 0.05) is 7.11 Å². The van der Waals surface area contributed by atoms with Gasteiger partial charge in [0.15, 0.2) is 6.73 Å². The molecule has 1 aromatic heterocycles. The molecule has 0 unspecified atom stereocenters. The molecule has 0 aromatic carbocycles. The number of aromatic nitrogens is 2. The topological polar surface area (TPSA) is 18.0 Å². The Morgan fingerprint density at radius 1 is 1.60 bits per heavy atom. The average molecular weight is 254 g/mol. The smallest absolute Gasteiger partial charge is 0.245 e. The number of rotatable bonds is 2. The molecule has 1 heterocycles. The minimum atomic E-state index is 0. The van der Waals surface area contributed by atoms with Gasteiger partial charge in [-0.3, -0.25) is 0 Å². The van der Waals surface area contributed by atoms with Crippen LogP contribution in [0.1, 0.15) is 0 Å². The quantitative estimate of drug-likeness (QED) is 0.404. The van der Waals surface area contributed by atoms with Crippen LogP contribution in [0.5, 0.6) is 0 Å². The molecular formula is C6H11IN2O. The first-order valence-corrected chi connectivity index (χ1v) is 2.83. The third kappa shape index (κ3) is 2.66. The molecule has 4 heteroatoms. The maximum atomic E-state index is 4.89. The Bertz CT molecular complexity index is 188. The van der Waals surface area contributed by atoms with Gasteiger partial charge >= 0.3 is 0 Å². The van der Waals surface area contributed by atoms with Crippen molar-refractivity contribution in [3.63, 3.8) is 0 Å². The summed E-state index contributed by atoms with van der Waals surface area (Å²) >= 11 is 0. The molecule has 1 rings (SSSR count). The molecule has 0 fully saturated rings. The molecule has 0 aliphatic rings. The minimum Gasteiger partial charge on any atom is -1.00 e. The van der Waals surface area contributed by atoms with Crippen molar-refractivity contribution in [3.05, 3.63) is 18.7 Å². The number of aryl methyl sites for hydroxylation is 1. The van der Waals surface area contributed by atoms with E-state index < -0.39 is 0 Å². The van der Waals surface area contributed by atoms with Gasteiger partial charge in [-0.05, 0) is 0 Å². The van der Waals surface area contributed by atoms with Crippen LogP contribution in [0.4, 0.5) is 0 Å². The molecule has 3 nitrogen and oxygen atoms in total. The fourth-order valence-electron chi connectivity index (χ4n) is 0.727. The zero-order valence-corrected chi connectivity index (χ0v) is 8.28. The van der Waals surface area contributed by atoms with Crippen LogP contribution in [0.15, 0.2) is 18.7 Å². The van der Waals surface area contributed by atoms with Gasteiger partial charge in [0.25, 0.3) is 0 Å². The highest BCUT2D eigenvalue weighted by molar-refractivity contribution is 4.62. The van der Waals surface area contributed by atoms with Gasteiger partial charge in [-0.25, -0.2) is 9.13 Å². The van der Waals surface area contributed by atoms with Crippen LogP contribution in [-0.4, -0.2) is 11.7 Å². The highest BCUT2D eigenvalue weighted by Crippen LogP contribution is 1.81. The Morgan fingerprint density at radius 2 is 2.30 bits per heavy atom. The van der Waals surface area contributed by atoms with E-state index in [9.17, 15) is 0 Å². The van der Waals surface area contributed by atoms with Gasteiger partial charge in [-0.2, -0.15) is 0 Å². The minimum absolute atomic E-state index is 0. The first-order valence-electron chi connectivity index (χ1n) is 2.83. The van der Waals surface area contributed by atoms with E-state index in [-0.39, 0.29) is 24.0 Å². The summed E-state index contributed by atoms with van der Waals surface area (Å²) in [4.78, 5) is 0. The monoisotopic (exact) mass is 254 g/mol. The molecule has 0 spiro atoms. The summed E-state index contributed by atoms with van der Waals surface area (Å²) in [7, 11) is 3.66. The summed E-state index contributed by atoms with van der Waals surface area (Å²) in [6.07, 6.45) is 5.89. The van der Waals surface area contributed by atoms with Crippen LogP contribution in [0.25, 0.3) is 0 Å². The van der Waals surface area contributed by atoms with Crippen molar-refractivity contribution in [2.45, 2.75) is 6.73 Å². The Labute approximate surface area is 77.6 Å². The average Bonchev–Trinajstić information content (AvgIpc) is 2.17. The highest BCUT2D eigenvalue weighted by Gasteiger charge is 1.95. The summed E-state index contributed by atoms with van der Waals surface area (Å²) < 4.78 is 8.82. The van der Waals surface area contributed by atoms with E-state index in [4.69, 9.17) is 4.74 Å². The van der Waals surface area contributed by atoms with Crippen molar-refractivity contribution < 1.29 is 33.3 Å². The normalized spacial score (nSPS) is 9.00. The Kier molecular flexibility index (Phi) is 4.63. The number of methoxy groups -OCH3 is 1. The van der Waals surface area contributed by atoms with E-state index in [1.165, 1.54) is 0 Å². The van der Waals surface area contributed by atoms with Crippen LogP contribution in [0, 0.1) is 0 Å². The van der Waals surface area contributed by atoms with Crippen molar-refractivity contribution in [2.24, 2.45) is 7.05 Å². The van der Waals surface area contributed by atoms with Crippen LogP contribution < -0.4 is 28.5 Å². The number of hydrogen-bond acceptors (Lipinski definition) is 1. The van der Waals surface area contributed by atoms with Gasteiger partial charge in [-0.1, -0.05) is 0 Å². The number of hydrogen-bond donors (Lipinski definition) is 0. The van der Waals surface area contributed by atoms with Gasteiger partial charge in [0.1, 0.15) is 12.4 Å². The van der Waals surface area contributed by atoms with Gasteiger partial charge < -0.3 is 28.7 Å². The second-order valence-electron chi connectivity index (χ2n) is 2.01. The Balaban J connectivity index is 0.000000810. The van der Waals surface area contributed by atoms with Crippen molar-refractivity contribution in [3.8, 4) is 0 Å². The molecule has 58 valence electrons. The van der Waals surface area contributed by atoms with Gasteiger partial charge in [-0.15, -0.1) is 0 Å². The lowest BCUT2D eigenvalue weighted by atomic mass is 10.9. The van der Waals surface area contributed by atoms with Crippen molar-refractivity contribution >= 4 is 0 Å². The molecule has 0 bridgehead atoms. The number of halogens is 1. The fourth-order valence-corrected chi connectivity index (χ4v) is 0.727. The van der Waals surface area contributed by atoms with E-state index in [2.05, 4.69) is 0 Å². The lowest BCUT2D eigenvalue weighted by molar-refractivity contribution is -0.671. The first-order chi connectivity index (χ1) is 4.33. The van der Waals surface area contributed by atoms with Crippen LogP contribution in [0.3, 0.4) is 0 Å². The standard InChI is InChI=1S/C6H11N2O.HI/c1-7-3-4-8(5-7)6-9-2;/h3-5H,6H2,1-2H3;1H/q+1;/p-1. The van der Waals surface area contributed by atoms with E-state index in [1.54, 1.807) is 7.11 Å². The third-order valence-corrected chi connectivity index (χ3v) is 1.10. The van der Waals surface area contributed by atoms with E-state index in [1.807, 2.05) is 34.9 Å². The second-order valence-corrected chi connectivity index (χ2v) is 2.01. The number of ether oxygens (including phenoxy) is 1. The number of nitrogens with zero attached hydrogens (tertiary/aromatic N) is 2. The van der Waals surface area contributed by atoms with Crippen molar-refractivity contribution in [2.75, 3.05) is 7.11 Å². The van der Waals surface area contributed by atoms with E-state index in [0.29, 0.717) is 6.73 Å². The summed E-state index contributed by atoms with van der Waals surface area (Å²) in [5.41, 5.74) is 0. The number of imidazole rings is 1. The summed E-state index contributed by atoms with van der Waals surface area (Å²) in [6, 6.07) is 0. The second kappa shape index (κ2) is 4.68. The van der Waals surface area contributed by atoms with Crippen molar-refractivity contribution in [1.29, 1.82) is 0 Å². The Hall–Kier alpha value is -0.100. The largest absolute Gasteiger partial charge is 1.00 e. The predicted octanol–water partition coefficient (Wildman–Crippen LogP) is -3.08. The third-order valence-electron chi connectivity index (χ3n) is 1.10. The molecule has 10 heavy (non-hydrogen) atoms. The molecule has 0 aliphatic heterocycles. The predicted molar refractivity (Wildman–Crippen MR) is 32.6 cm³/mol. The van der Waals surface area contributed by atoms with Gasteiger partial charge in [0.2, 0.25) is 6.33 Å². The molecule has 0 radical (unpaired) electrons. The van der Waals surface area contributed by atoms with Crippen LogP contribution in [0.2, 0.25) is 0 Å². The van der Waals surface area contributed by atoms with Gasteiger partial charge in [0.05, 0.1) is 7.05 Å². The van der Waals surface area contributed by atoms with E-state index in [0.717, 1.165) is 0 Å². The van der Waals surface area contributed by atoms with Crippen molar-refractivity contribution in [1.82, 2.24) is 4.57 Å². The van der Waals surface area contributed by atoms with Crippen LogP contribution >= 0.6 is 0 Å². The fraction of sp³-hybridized carbons (Fsp3) is 0.500. The Morgan fingerprint density at radius 3 is 2.70 bits per heavy atom. The summed E-state index contributed by atoms with van der Waals surface area (Å²) in [5, 5.41) is 0. The summed E-state index contributed by atoms with van der Waals surface area (Å²) in [6.45, 7) is 0.626. The highest BCUT2D eigenvalue weighted by atomic mass is 127. The zero-order chi connectivity index (χ0) is 6.69. The zero-order valence-electron chi connectivity index (χ0n) is 6.12. The van der Waals surface area contributed by atoms with E-state index >= 15 is 0 Å². The lowest BCUT2D eigenvalue weighted by Gasteiger charge is -1.88. The SMILES string of the molecule is COCn1cc[n+](C)c1.[I-]. The van der Waals surface area contributed by atoms with Crippen LogP contribution in [-0.2, 0) is 18.5 Å². The molecule has 0 saturated carbocycles. The maximum absolute atomic E-state index is 4.89. The molecular weight excluding hydrogens is 243 g/mol. The first kappa shape index (κ1) is 9.90. The maximum Gasteiger partial charge on any atom is 0.245 e.